The highest BCUT2D eigenvalue weighted by atomic mass is 16.4. The van der Waals surface area contributed by atoms with E-state index in [0.29, 0.717) is 0 Å². The minimum atomic E-state index is -2.05. The van der Waals surface area contributed by atoms with Crippen LogP contribution in [0.5, 0.6) is 0 Å². The van der Waals surface area contributed by atoms with Gasteiger partial charge in [0.15, 0.2) is 12.2 Å². The molecule has 15 heteroatoms. The summed E-state index contributed by atoms with van der Waals surface area (Å²) in [7, 11) is 1.61. The maximum atomic E-state index is 11.8. The molecule has 0 aromatic rings. The number of likely N-dealkylation sites (N-methyl/N-ethyl adjacent to an activating group) is 1. The highest BCUT2D eigenvalue weighted by Crippen LogP contribution is 2.06. The molecular formula is C17H35N3O12. The first-order valence-corrected chi connectivity index (χ1v) is 9.79. The third-order valence-corrected chi connectivity index (χ3v) is 4.63. The van der Waals surface area contributed by atoms with Gasteiger partial charge >= 0.3 is 0 Å². The SMILES string of the molecule is CN(CCNC(=O)C(O)C(O)C(O)C(O)CO)CCNC(=O)C(O)C(O)C(O)C(O)CO. The van der Waals surface area contributed by atoms with E-state index in [1.54, 1.807) is 11.9 Å². The first-order valence-electron chi connectivity index (χ1n) is 9.79. The fourth-order valence-electron chi connectivity index (χ4n) is 2.42. The zero-order chi connectivity index (χ0) is 25.0. The van der Waals surface area contributed by atoms with Gasteiger partial charge in [-0.15, -0.1) is 0 Å². The van der Waals surface area contributed by atoms with Gasteiger partial charge in [-0.2, -0.15) is 0 Å². The number of aliphatic hydroxyl groups excluding tert-OH is 10. The van der Waals surface area contributed by atoms with Crippen molar-refractivity contribution in [3.63, 3.8) is 0 Å². The standard InChI is InChI=1S/C17H35N3O12/c1-20(4-2-18-16(31)14(29)12(27)10(25)8(23)6-21)5-3-19-17(32)15(30)13(28)11(26)9(24)7-22/h8-15,21-30H,2-7H2,1H3,(H,18,31)(H,19,32). The second kappa shape index (κ2) is 15.4. The number of hydrogen-bond donors (Lipinski definition) is 12. The van der Waals surface area contributed by atoms with Crippen molar-refractivity contribution in [1.82, 2.24) is 15.5 Å². The van der Waals surface area contributed by atoms with Crippen molar-refractivity contribution >= 4 is 11.8 Å². The average Bonchev–Trinajstić information content (AvgIpc) is 2.79. The van der Waals surface area contributed by atoms with Gasteiger partial charge in [-0.1, -0.05) is 0 Å². The number of nitrogens with zero attached hydrogens (tertiary/aromatic N) is 1. The highest BCUT2D eigenvalue weighted by Gasteiger charge is 2.35. The first kappa shape index (κ1) is 30.5. The topological polar surface area (TPSA) is 264 Å². The number of carbonyl (C=O) groups excluding carboxylic acids is 2. The summed E-state index contributed by atoms with van der Waals surface area (Å²) in [6, 6.07) is 0. The third-order valence-electron chi connectivity index (χ3n) is 4.63. The highest BCUT2D eigenvalue weighted by molar-refractivity contribution is 5.81. The summed E-state index contributed by atoms with van der Waals surface area (Å²) in [5.74, 6) is -2.05. The molecule has 15 nitrogen and oxygen atoms in total. The summed E-state index contributed by atoms with van der Waals surface area (Å²) in [6.07, 6.45) is -15.5. The van der Waals surface area contributed by atoms with Gasteiger partial charge in [0.25, 0.3) is 11.8 Å². The lowest BCUT2D eigenvalue weighted by Crippen LogP contribution is -2.52. The van der Waals surface area contributed by atoms with Crippen LogP contribution in [0.15, 0.2) is 0 Å². The number of nitrogens with one attached hydrogen (secondary N) is 2. The lowest BCUT2D eigenvalue weighted by molar-refractivity contribution is -0.149. The molecule has 0 aromatic heterocycles. The number of aliphatic hydroxyl groups is 10. The van der Waals surface area contributed by atoms with Gasteiger partial charge in [0.05, 0.1) is 13.2 Å². The Morgan fingerprint density at radius 1 is 0.656 bits per heavy atom. The predicted molar refractivity (Wildman–Crippen MR) is 106 cm³/mol. The van der Waals surface area contributed by atoms with Crippen LogP contribution in [0.4, 0.5) is 0 Å². The molecule has 2 amide bonds. The van der Waals surface area contributed by atoms with Crippen molar-refractivity contribution in [2.24, 2.45) is 0 Å². The van der Waals surface area contributed by atoms with Crippen molar-refractivity contribution in [2.45, 2.75) is 48.8 Å². The molecule has 0 fully saturated rings. The second-order valence-electron chi connectivity index (χ2n) is 7.24. The van der Waals surface area contributed by atoms with Gasteiger partial charge in [0, 0.05) is 26.2 Å². The van der Waals surface area contributed by atoms with E-state index in [1.807, 2.05) is 0 Å². The number of amides is 2. The maximum Gasteiger partial charge on any atom is 0.251 e. The smallest absolute Gasteiger partial charge is 0.251 e. The molecule has 0 aromatic carbocycles. The van der Waals surface area contributed by atoms with Gasteiger partial charge in [0.2, 0.25) is 0 Å². The summed E-state index contributed by atoms with van der Waals surface area (Å²) in [6.45, 7) is -1.32. The van der Waals surface area contributed by atoms with Gasteiger partial charge in [-0.3, -0.25) is 9.59 Å². The Bertz CT molecular complexity index is 511. The largest absolute Gasteiger partial charge is 0.394 e. The molecule has 0 radical (unpaired) electrons. The fraction of sp³-hybridized carbons (Fsp3) is 0.882. The van der Waals surface area contributed by atoms with Crippen LogP contribution in [-0.4, -0.2) is 163 Å². The molecule has 8 unspecified atom stereocenters. The summed E-state index contributed by atoms with van der Waals surface area (Å²) < 4.78 is 0. The van der Waals surface area contributed by atoms with Crippen LogP contribution >= 0.6 is 0 Å². The molecule has 0 heterocycles. The van der Waals surface area contributed by atoms with Crippen LogP contribution < -0.4 is 10.6 Å². The molecule has 0 aliphatic rings. The van der Waals surface area contributed by atoms with Crippen LogP contribution in [-0.2, 0) is 9.59 Å². The number of carbonyl (C=O) groups is 2. The van der Waals surface area contributed by atoms with Gasteiger partial charge < -0.3 is 66.6 Å². The maximum absolute atomic E-state index is 11.8. The molecular weight excluding hydrogens is 438 g/mol. The van der Waals surface area contributed by atoms with Gasteiger partial charge in [0.1, 0.15) is 36.6 Å². The second-order valence-corrected chi connectivity index (χ2v) is 7.24. The molecule has 0 spiro atoms. The fourth-order valence-corrected chi connectivity index (χ4v) is 2.42. The van der Waals surface area contributed by atoms with E-state index < -0.39 is 73.9 Å². The lowest BCUT2D eigenvalue weighted by atomic mass is 10.0. The van der Waals surface area contributed by atoms with Gasteiger partial charge in [-0.25, -0.2) is 0 Å². The van der Waals surface area contributed by atoms with Crippen LogP contribution in [0, 0.1) is 0 Å². The third kappa shape index (κ3) is 9.97. The van der Waals surface area contributed by atoms with Crippen molar-refractivity contribution < 1.29 is 60.7 Å². The van der Waals surface area contributed by atoms with Gasteiger partial charge in [-0.05, 0) is 7.05 Å². The molecule has 0 rings (SSSR count). The Balaban J connectivity index is 4.26. The number of hydrogen-bond acceptors (Lipinski definition) is 13. The first-order chi connectivity index (χ1) is 14.9. The Hall–Kier alpha value is -1.50. The van der Waals surface area contributed by atoms with E-state index >= 15 is 0 Å². The molecule has 0 saturated carbocycles. The quantitative estimate of drug-likeness (QED) is 0.0994. The predicted octanol–water partition coefficient (Wildman–Crippen LogP) is -7.98. The van der Waals surface area contributed by atoms with Crippen LogP contribution in [0.25, 0.3) is 0 Å². The summed E-state index contributed by atoms with van der Waals surface area (Å²) in [5, 5.41) is 98.1. The minimum Gasteiger partial charge on any atom is -0.394 e. The minimum absolute atomic E-state index is 0.00170. The number of rotatable bonds is 16. The van der Waals surface area contributed by atoms with E-state index in [9.17, 15) is 50.4 Å². The zero-order valence-electron chi connectivity index (χ0n) is 17.6. The van der Waals surface area contributed by atoms with Crippen molar-refractivity contribution in [3.05, 3.63) is 0 Å². The molecule has 8 atom stereocenters. The molecule has 0 aliphatic carbocycles. The van der Waals surface area contributed by atoms with Crippen molar-refractivity contribution in [3.8, 4) is 0 Å². The van der Waals surface area contributed by atoms with E-state index in [-0.39, 0.29) is 26.2 Å². The zero-order valence-corrected chi connectivity index (χ0v) is 17.6. The summed E-state index contributed by atoms with van der Waals surface area (Å²) in [4.78, 5) is 25.2. The molecule has 32 heavy (non-hydrogen) atoms. The average molecular weight is 473 g/mol. The van der Waals surface area contributed by atoms with E-state index in [2.05, 4.69) is 10.6 Å². The van der Waals surface area contributed by atoms with E-state index in [1.165, 1.54) is 0 Å². The van der Waals surface area contributed by atoms with Crippen LogP contribution in [0.3, 0.4) is 0 Å². The lowest BCUT2D eigenvalue weighted by Gasteiger charge is -2.25. The van der Waals surface area contributed by atoms with Crippen LogP contribution in [0.2, 0.25) is 0 Å². The van der Waals surface area contributed by atoms with Crippen molar-refractivity contribution in [1.29, 1.82) is 0 Å². The summed E-state index contributed by atoms with van der Waals surface area (Å²) in [5.41, 5.74) is 0. The molecule has 0 bridgehead atoms. The Kier molecular flexibility index (Phi) is 14.6. The Labute approximate surface area is 184 Å². The Morgan fingerprint density at radius 2 is 0.969 bits per heavy atom. The molecule has 190 valence electrons. The van der Waals surface area contributed by atoms with E-state index in [0.717, 1.165) is 0 Å². The Morgan fingerprint density at radius 3 is 1.25 bits per heavy atom. The van der Waals surface area contributed by atoms with E-state index in [4.69, 9.17) is 10.2 Å². The normalized spacial score (nSPS) is 19.4. The molecule has 0 aliphatic heterocycles. The van der Waals surface area contributed by atoms with Crippen LogP contribution in [0.1, 0.15) is 0 Å². The molecule has 12 N–H and O–H groups in total. The summed E-state index contributed by atoms with van der Waals surface area (Å²) >= 11 is 0. The monoisotopic (exact) mass is 473 g/mol. The molecule has 0 saturated heterocycles. The van der Waals surface area contributed by atoms with Crippen molar-refractivity contribution in [2.75, 3.05) is 46.4 Å².